The van der Waals surface area contributed by atoms with E-state index in [1.807, 2.05) is 0 Å². The monoisotopic (exact) mass is 502 g/mol. The van der Waals surface area contributed by atoms with E-state index in [0.29, 0.717) is 29.2 Å². The summed E-state index contributed by atoms with van der Waals surface area (Å²) >= 11 is 0. The third-order valence-electron chi connectivity index (χ3n) is 7.85. The van der Waals surface area contributed by atoms with Gasteiger partial charge in [-0.05, 0) is 98.1 Å². The maximum absolute atomic E-state index is 14.8. The molecule has 0 bridgehead atoms. The van der Waals surface area contributed by atoms with E-state index in [2.05, 4.69) is 6.92 Å². The lowest BCUT2D eigenvalue weighted by atomic mass is 9.76. The first kappa shape index (κ1) is 26.9. The van der Waals surface area contributed by atoms with Crippen molar-refractivity contribution in [3.8, 4) is 0 Å². The zero-order chi connectivity index (χ0) is 25.5. The molecule has 2 aromatic carbocycles. The first-order valence-electron chi connectivity index (χ1n) is 13.7. The zero-order valence-corrected chi connectivity index (χ0v) is 21.3. The fraction of sp³-hybridized carbons (Fsp3) is 0.548. The molecule has 1 nitrogen and oxygen atoms in total. The first-order chi connectivity index (χ1) is 17.4. The van der Waals surface area contributed by atoms with Crippen LogP contribution < -0.4 is 0 Å². The average molecular weight is 503 g/mol. The van der Waals surface area contributed by atoms with E-state index in [4.69, 9.17) is 4.74 Å². The molecule has 196 valence electrons. The molecule has 1 heterocycles. The van der Waals surface area contributed by atoms with Gasteiger partial charge in [-0.25, -0.2) is 17.6 Å². The van der Waals surface area contributed by atoms with E-state index in [-0.39, 0.29) is 24.0 Å². The van der Waals surface area contributed by atoms with Crippen molar-refractivity contribution in [3.05, 3.63) is 75.9 Å². The third-order valence-corrected chi connectivity index (χ3v) is 7.85. The maximum atomic E-state index is 14.8. The second-order valence-corrected chi connectivity index (χ2v) is 10.6. The number of benzene rings is 2. The average Bonchev–Trinajstić information content (AvgIpc) is 2.88. The van der Waals surface area contributed by atoms with Crippen molar-refractivity contribution in [1.82, 2.24) is 0 Å². The molecule has 1 aliphatic heterocycles. The minimum Gasteiger partial charge on any atom is -0.374 e. The number of rotatable bonds is 9. The Hall–Kier alpha value is -2.14. The van der Waals surface area contributed by atoms with Gasteiger partial charge in [0.25, 0.3) is 0 Å². The van der Waals surface area contributed by atoms with Crippen LogP contribution in [-0.4, -0.2) is 12.7 Å². The second-order valence-electron chi connectivity index (χ2n) is 10.6. The predicted octanol–water partition coefficient (Wildman–Crippen LogP) is 9.27. The molecule has 2 fully saturated rings. The van der Waals surface area contributed by atoms with E-state index >= 15 is 0 Å². The summed E-state index contributed by atoms with van der Waals surface area (Å²) in [6, 6.07) is 5.64. The Balaban J connectivity index is 1.48. The van der Waals surface area contributed by atoms with Gasteiger partial charge in [-0.15, -0.1) is 0 Å². The van der Waals surface area contributed by atoms with Crippen LogP contribution in [-0.2, 0) is 11.2 Å². The largest absolute Gasteiger partial charge is 0.374 e. The van der Waals surface area contributed by atoms with Crippen molar-refractivity contribution < 1.29 is 22.3 Å². The SMILES string of the molecule is CCCCCC1CCC(c2cc(Cc3cc(F)c(F)c(/C=C/C4CCCCO4)c3)cc(F)c2F)CC1. The lowest BCUT2D eigenvalue weighted by molar-refractivity contribution is 0.0471. The van der Waals surface area contributed by atoms with Gasteiger partial charge in [0.1, 0.15) is 0 Å². The topological polar surface area (TPSA) is 9.23 Å². The van der Waals surface area contributed by atoms with Crippen LogP contribution in [0, 0.1) is 29.2 Å². The summed E-state index contributed by atoms with van der Waals surface area (Å²) in [6.45, 7) is 2.87. The third kappa shape index (κ3) is 7.00. The first-order valence-corrected chi connectivity index (χ1v) is 13.7. The molecular formula is C31H38F4O. The number of ether oxygens (including phenoxy) is 1. The molecule has 0 amide bonds. The van der Waals surface area contributed by atoms with Gasteiger partial charge in [0.2, 0.25) is 0 Å². The van der Waals surface area contributed by atoms with Gasteiger partial charge in [-0.2, -0.15) is 0 Å². The van der Waals surface area contributed by atoms with Crippen LogP contribution in [0.2, 0.25) is 0 Å². The molecule has 2 aliphatic rings. The lowest BCUT2D eigenvalue weighted by Crippen LogP contribution is -2.16. The van der Waals surface area contributed by atoms with Crippen LogP contribution >= 0.6 is 0 Å². The number of hydrogen-bond donors (Lipinski definition) is 0. The number of unbranched alkanes of at least 4 members (excludes halogenated alkanes) is 2. The van der Waals surface area contributed by atoms with Crippen LogP contribution in [0.5, 0.6) is 0 Å². The molecule has 0 radical (unpaired) electrons. The van der Waals surface area contributed by atoms with E-state index in [9.17, 15) is 17.6 Å². The second kappa shape index (κ2) is 12.9. The Kier molecular flexibility index (Phi) is 9.64. The van der Waals surface area contributed by atoms with Crippen LogP contribution in [0.3, 0.4) is 0 Å². The summed E-state index contributed by atoms with van der Waals surface area (Å²) in [5, 5.41) is 0. The van der Waals surface area contributed by atoms with Gasteiger partial charge in [-0.3, -0.25) is 0 Å². The van der Waals surface area contributed by atoms with E-state index in [0.717, 1.165) is 51.0 Å². The summed E-state index contributed by atoms with van der Waals surface area (Å²) in [4.78, 5) is 0. The van der Waals surface area contributed by atoms with Crippen LogP contribution in [0.1, 0.15) is 106 Å². The highest BCUT2D eigenvalue weighted by molar-refractivity contribution is 5.53. The molecule has 0 aromatic heterocycles. The van der Waals surface area contributed by atoms with Gasteiger partial charge in [-0.1, -0.05) is 50.8 Å². The van der Waals surface area contributed by atoms with Gasteiger partial charge in [0.15, 0.2) is 23.3 Å². The molecule has 1 saturated heterocycles. The lowest BCUT2D eigenvalue weighted by Gasteiger charge is -2.29. The fourth-order valence-electron chi connectivity index (χ4n) is 5.77. The Labute approximate surface area is 212 Å². The molecule has 1 unspecified atom stereocenters. The summed E-state index contributed by atoms with van der Waals surface area (Å²) in [5.74, 6) is -2.81. The van der Waals surface area contributed by atoms with Gasteiger partial charge in [0.05, 0.1) is 6.10 Å². The molecule has 2 aromatic rings. The molecular weight excluding hydrogens is 464 g/mol. The Morgan fingerprint density at radius 2 is 1.56 bits per heavy atom. The van der Waals surface area contributed by atoms with Crippen molar-refractivity contribution in [2.75, 3.05) is 6.61 Å². The fourth-order valence-corrected chi connectivity index (χ4v) is 5.77. The molecule has 1 aliphatic carbocycles. The van der Waals surface area contributed by atoms with Gasteiger partial charge < -0.3 is 4.74 Å². The van der Waals surface area contributed by atoms with Crippen molar-refractivity contribution in [3.63, 3.8) is 0 Å². The molecule has 0 spiro atoms. The molecule has 0 N–H and O–H groups in total. The summed E-state index contributed by atoms with van der Waals surface area (Å²) in [5.41, 5.74) is 1.66. The minimum absolute atomic E-state index is 0.000756. The molecule has 36 heavy (non-hydrogen) atoms. The Morgan fingerprint density at radius 1 is 0.833 bits per heavy atom. The van der Waals surface area contributed by atoms with E-state index < -0.39 is 23.3 Å². The quantitative estimate of drug-likeness (QED) is 0.245. The maximum Gasteiger partial charge on any atom is 0.166 e. The normalized spacial score (nSPS) is 22.9. The summed E-state index contributed by atoms with van der Waals surface area (Å²) < 4.78 is 63.9. The van der Waals surface area contributed by atoms with E-state index in [1.54, 1.807) is 24.3 Å². The number of halogens is 4. The highest BCUT2D eigenvalue weighted by atomic mass is 19.2. The summed E-state index contributed by atoms with van der Waals surface area (Å²) in [7, 11) is 0. The molecule has 5 heteroatoms. The highest BCUT2D eigenvalue weighted by Gasteiger charge is 2.26. The predicted molar refractivity (Wildman–Crippen MR) is 137 cm³/mol. The Bertz CT molecular complexity index is 1030. The van der Waals surface area contributed by atoms with Crippen molar-refractivity contribution >= 4 is 6.08 Å². The van der Waals surface area contributed by atoms with Crippen molar-refractivity contribution in [2.45, 2.75) is 96.0 Å². The highest BCUT2D eigenvalue weighted by Crippen LogP contribution is 2.39. The van der Waals surface area contributed by atoms with Crippen LogP contribution in [0.25, 0.3) is 6.08 Å². The summed E-state index contributed by atoms with van der Waals surface area (Å²) in [6.07, 6.45) is 15.1. The smallest absolute Gasteiger partial charge is 0.166 e. The molecule has 1 atom stereocenters. The van der Waals surface area contributed by atoms with Gasteiger partial charge >= 0.3 is 0 Å². The minimum atomic E-state index is -0.944. The number of hydrogen-bond acceptors (Lipinski definition) is 1. The molecule has 4 rings (SSSR count). The van der Waals surface area contributed by atoms with E-state index in [1.165, 1.54) is 31.7 Å². The van der Waals surface area contributed by atoms with Gasteiger partial charge in [0, 0.05) is 12.2 Å². The van der Waals surface area contributed by atoms with Crippen LogP contribution in [0.4, 0.5) is 17.6 Å². The van der Waals surface area contributed by atoms with Crippen LogP contribution in [0.15, 0.2) is 30.3 Å². The standard InChI is InChI=1S/C31H38F4O/c1-2-3-4-7-21-9-11-24(12-10-21)27-18-23(20-29(33)31(27)35)16-22-17-25(30(34)28(32)19-22)13-14-26-8-5-6-15-36-26/h13-14,17-21,24,26H,2-12,15-16H2,1H3/b14-13+. The van der Waals surface area contributed by atoms with Crippen molar-refractivity contribution in [2.24, 2.45) is 5.92 Å². The zero-order valence-electron chi connectivity index (χ0n) is 21.3. The Morgan fingerprint density at radius 3 is 2.25 bits per heavy atom. The molecule has 1 saturated carbocycles. The van der Waals surface area contributed by atoms with Crippen molar-refractivity contribution in [1.29, 1.82) is 0 Å².